The number of amides is 2. The van der Waals surface area contributed by atoms with Crippen molar-refractivity contribution < 1.29 is 17.9 Å². The Morgan fingerprint density at radius 1 is 1.43 bits per heavy atom. The first-order valence-corrected chi connectivity index (χ1v) is 9.39. The number of anilines is 1. The molecule has 1 aromatic rings. The summed E-state index contributed by atoms with van der Waals surface area (Å²) in [4.78, 5) is 11.6. The number of benzene rings is 1. The minimum absolute atomic E-state index is 0.111. The van der Waals surface area contributed by atoms with E-state index in [2.05, 4.69) is 10.6 Å². The summed E-state index contributed by atoms with van der Waals surface area (Å²) in [6, 6.07) is 4.69. The summed E-state index contributed by atoms with van der Waals surface area (Å²) < 4.78 is 30.2. The number of hydrogen-bond acceptors (Lipinski definition) is 4. The van der Waals surface area contributed by atoms with E-state index in [-0.39, 0.29) is 25.2 Å². The first-order chi connectivity index (χ1) is 10.8. The van der Waals surface area contributed by atoms with Crippen LogP contribution in [-0.4, -0.2) is 46.9 Å². The molecule has 2 amide bonds. The Morgan fingerprint density at radius 3 is 2.65 bits per heavy atom. The number of nitrogens with one attached hydrogen (secondary N) is 2. The van der Waals surface area contributed by atoms with Gasteiger partial charge in [0.25, 0.3) is 0 Å². The van der Waals surface area contributed by atoms with E-state index < -0.39 is 10.0 Å². The van der Waals surface area contributed by atoms with E-state index in [0.29, 0.717) is 16.5 Å². The lowest BCUT2D eigenvalue weighted by Crippen LogP contribution is -2.42. The van der Waals surface area contributed by atoms with Crippen LogP contribution in [0.4, 0.5) is 10.5 Å². The third-order valence-electron chi connectivity index (χ3n) is 3.34. The van der Waals surface area contributed by atoms with E-state index in [1.54, 1.807) is 12.1 Å². The molecule has 0 radical (unpaired) electrons. The van der Waals surface area contributed by atoms with Gasteiger partial charge in [0.2, 0.25) is 10.0 Å². The highest BCUT2D eigenvalue weighted by Gasteiger charge is 2.23. The minimum atomic E-state index is -3.50. The van der Waals surface area contributed by atoms with E-state index in [1.165, 1.54) is 17.5 Å². The number of carbonyl (C=O) groups excluding carboxylic acids is 1. The van der Waals surface area contributed by atoms with Gasteiger partial charge in [-0.15, -0.1) is 0 Å². The molecule has 2 rings (SSSR count). The summed E-state index contributed by atoms with van der Waals surface area (Å²) in [7, 11) is -2.02. The molecule has 9 heteroatoms. The van der Waals surface area contributed by atoms with Crippen LogP contribution in [0.3, 0.4) is 0 Å². The average molecular weight is 362 g/mol. The summed E-state index contributed by atoms with van der Waals surface area (Å²) in [5.74, 6) is 0.464. The molecule has 2 N–H and O–H groups in total. The van der Waals surface area contributed by atoms with Crippen LogP contribution in [0.2, 0.25) is 5.02 Å². The van der Waals surface area contributed by atoms with Gasteiger partial charge in [-0.2, -0.15) is 0 Å². The van der Waals surface area contributed by atoms with Crippen LogP contribution in [-0.2, 0) is 10.0 Å². The van der Waals surface area contributed by atoms with Gasteiger partial charge < -0.3 is 15.4 Å². The molecule has 1 aliphatic rings. The van der Waals surface area contributed by atoms with Crippen molar-refractivity contribution in [2.75, 3.05) is 30.8 Å². The molecule has 0 bridgehead atoms. The number of carbonyl (C=O) groups is 1. The largest absolute Gasteiger partial charge is 0.495 e. The second-order valence-corrected chi connectivity index (χ2v) is 7.64. The predicted octanol–water partition coefficient (Wildman–Crippen LogP) is 1.58. The Kier molecular flexibility index (Phi) is 5.59. The second kappa shape index (κ2) is 7.27. The Balaban J connectivity index is 2.02. The third kappa shape index (κ3) is 5.18. The maximum atomic E-state index is 12.0. The lowest BCUT2D eigenvalue weighted by atomic mass is 10.3. The molecular formula is C14H20ClN3O4S. The number of sulfonamides is 1. The second-order valence-electron chi connectivity index (χ2n) is 5.33. The molecule has 1 fully saturated rings. The van der Waals surface area contributed by atoms with Crippen LogP contribution in [0.15, 0.2) is 18.2 Å². The normalized spacial score (nSPS) is 14.2. The fraction of sp³-hybridized carbons (Fsp3) is 0.500. The molecule has 128 valence electrons. The van der Waals surface area contributed by atoms with Crippen LogP contribution < -0.4 is 19.7 Å². The summed E-state index contributed by atoms with van der Waals surface area (Å²) in [6.45, 7) is 0.300. The van der Waals surface area contributed by atoms with Gasteiger partial charge in [0.05, 0.1) is 30.6 Å². The van der Waals surface area contributed by atoms with Crippen molar-refractivity contribution in [1.29, 1.82) is 0 Å². The first-order valence-electron chi connectivity index (χ1n) is 7.17. The van der Waals surface area contributed by atoms with Crippen LogP contribution in [0.1, 0.15) is 12.8 Å². The number of methoxy groups -OCH3 is 1. The lowest BCUT2D eigenvalue weighted by Gasteiger charge is -2.23. The molecule has 0 aliphatic heterocycles. The molecule has 23 heavy (non-hydrogen) atoms. The van der Waals surface area contributed by atoms with Gasteiger partial charge in [-0.05, 0) is 31.0 Å². The highest BCUT2D eigenvalue weighted by molar-refractivity contribution is 7.92. The molecule has 0 atom stereocenters. The van der Waals surface area contributed by atoms with Crippen molar-refractivity contribution >= 4 is 33.3 Å². The van der Waals surface area contributed by atoms with Gasteiger partial charge in [-0.1, -0.05) is 11.6 Å². The van der Waals surface area contributed by atoms with E-state index in [0.717, 1.165) is 19.1 Å². The summed E-state index contributed by atoms with van der Waals surface area (Å²) in [5, 5.41) is 5.74. The standard InChI is InChI=1S/C14H20ClN3O4S/c1-22-13-6-5-11(9-12(13)15)18(23(2,20)21)8-7-16-14(19)17-10-3-4-10/h5-6,9-10H,3-4,7-8H2,1-2H3,(H2,16,17,19). The smallest absolute Gasteiger partial charge is 0.315 e. The van der Waals surface area contributed by atoms with E-state index in [4.69, 9.17) is 16.3 Å². The van der Waals surface area contributed by atoms with Crippen LogP contribution >= 0.6 is 11.6 Å². The molecule has 0 spiro atoms. The highest BCUT2D eigenvalue weighted by atomic mass is 35.5. The molecule has 1 aliphatic carbocycles. The fourth-order valence-corrected chi connectivity index (χ4v) is 3.20. The zero-order chi connectivity index (χ0) is 17.0. The summed E-state index contributed by atoms with van der Waals surface area (Å²) in [5.41, 5.74) is 0.419. The molecule has 0 aromatic heterocycles. The topological polar surface area (TPSA) is 87.7 Å². The van der Waals surface area contributed by atoms with Crippen LogP contribution in [0, 0.1) is 0 Å². The summed E-state index contributed by atoms with van der Waals surface area (Å²) >= 11 is 6.05. The molecule has 1 aromatic carbocycles. The van der Waals surface area contributed by atoms with Crippen LogP contribution in [0.25, 0.3) is 0 Å². The van der Waals surface area contributed by atoms with Crippen molar-refractivity contribution in [2.24, 2.45) is 0 Å². The molecular weight excluding hydrogens is 342 g/mol. The maximum absolute atomic E-state index is 12.0. The van der Waals surface area contributed by atoms with Crippen molar-refractivity contribution in [2.45, 2.75) is 18.9 Å². The van der Waals surface area contributed by atoms with Gasteiger partial charge in [0.15, 0.2) is 0 Å². The fourth-order valence-electron chi connectivity index (χ4n) is 2.03. The predicted molar refractivity (Wildman–Crippen MR) is 89.8 cm³/mol. The summed E-state index contributed by atoms with van der Waals surface area (Å²) in [6.07, 6.45) is 3.09. The first kappa shape index (κ1) is 17.7. The Bertz CT molecular complexity index is 677. The molecule has 1 saturated carbocycles. The van der Waals surface area contributed by atoms with Crippen molar-refractivity contribution in [3.05, 3.63) is 23.2 Å². The molecule has 0 heterocycles. The number of halogens is 1. The Labute approximate surface area is 141 Å². The molecule has 0 saturated heterocycles. The minimum Gasteiger partial charge on any atom is -0.495 e. The van der Waals surface area contributed by atoms with E-state index in [1.807, 2.05) is 0 Å². The van der Waals surface area contributed by atoms with E-state index >= 15 is 0 Å². The van der Waals surface area contributed by atoms with Crippen LogP contribution in [0.5, 0.6) is 5.75 Å². The average Bonchev–Trinajstić information content (AvgIpc) is 3.26. The number of urea groups is 1. The lowest BCUT2D eigenvalue weighted by molar-refractivity contribution is 0.241. The highest BCUT2D eigenvalue weighted by Crippen LogP contribution is 2.30. The van der Waals surface area contributed by atoms with Crippen molar-refractivity contribution in [3.63, 3.8) is 0 Å². The number of rotatable bonds is 7. The molecule has 7 nitrogen and oxygen atoms in total. The monoisotopic (exact) mass is 361 g/mol. The number of ether oxygens (including phenoxy) is 1. The van der Waals surface area contributed by atoms with E-state index in [9.17, 15) is 13.2 Å². The zero-order valence-corrected chi connectivity index (χ0v) is 14.6. The quantitative estimate of drug-likeness (QED) is 0.771. The number of nitrogens with zero attached hydrogens (tertiary/aromatic N) is 1. The van der Waals surface area contributed by atoms with Gasteiger partial charge in [-0.3, -0.25) is 4.31 Å². The maximum Gasteiger partial charge on any atom is 0.315 e. The van der Waals surface area contributed by atoms with Gasteiger partial charge in [0.1, 0.15) is 5.75 Å². The van der Waals surface area contributed by atoms with Gasteiger partial charge in [-0.25, -0.2) is 13.2 Å². The van der Waals surface area contributed by atoms with Crippen molar-refractivity contribution in [3.8, 4) is 5.75 Å². The third-order valence-corrected chi connectivity index (χ3v) is 4.83. The zero-order valence-electron chi connectivity index (χ0n) is 13.0. The Morgan fingerprint density at radius 2 is 2.13 bits per heavy atom. The number of hydrogen-bond donors (Lipinski definition) is 2. The van der Waals surface area contributed by atoms with Crippen molar-refractivity contribution in [1.82, 2.24) is 10.6 Å². The van der Waals surface area contributed by atoms with Gasteiger partial charge in [0, 0.05) is 12.6 Å². The molecule has 0 unspecified atom stereocenters. The van der Waals surface area contributed by atoms with Gasteiger partial charge >= 0.3 is 6.03 Å². The SMILES string of the molecule is COc1ccc(N(CCNC(=O)NC2CC2)S(C)(=O)=O)cc1Cl. The Hall–Kier alpha value is -1.67.